The predicted octanol–water partition coefficient (Wildman–Crippen LogP) is 12.4. The van der Waals surface area contributed by atoms with Crippen molar-refractivity contribution in [3.05, 3.63) is 232 Å². The molecule has 2 unspecified atom stereocenters. The molecule has 1 aliphatic heterocycles. The van der Waals surface area contributed by atoms with Crippen LogP contribution >= 0.6 is 64.8 Å². The van der Waals surface area contributed by atoms with E-state index in [2.05, 4.69) is 73.4 Å². The first-order valence-electron chi connectivity index (χ1n) is 19.2. The summed E-state index contributed by atoms with van der Waals surface area (Å²) in [7, 11) is 0. The third kappa shape index (κ3) is 26.2. The number of halogens is 9. The number of piperidine rings is 1. The van der Waals surface area contributed by atoms with Crippen LogP contribution in [0.15, 0.2) is 175 Å². The van der Waals surface area contributed by atoms with E-state index in [1.807, 2.05) is 24.3 Å². The molecule has 0 bridgehead atoms. The molecule has 0 amide bonds. The molecule has 6 nitrogen and oxygen atoms in total. The zero-order chi connectivity index (χ0) is 45.7. The molecule has 1 fully saturated rings. The van der Waals surface area contributed by atoms with Crippen molar-refractivity contribution in [1.29, 1.82) is 0 Å². The number of aldehydes is 1. The van der Waals surface area contributed by atoms with E-state index in [9.17, 15) is 27.5 Å². The molecular formula is C51H56BrClF4I3N4O2-. The van der Waals surface area contributed by atoms with Gasteiger partial charge in [0.05, 0.1) is 5.38 Å². The van der Waals surface area contributed by atoms with Crippen molar-refractivity contribution in [3.63, 3.8) is 0 Å². The van der Waals surface area contributed by atoms with Crippen LogP contribution in [0.5, 0.6) is 0 Å². The number of carbonyl (C=O) groups is 1. The van der Waals surface area contributed by atoms with E-state index < -0.39 is 6.10 Å². The summed E-state index contributed by atoms with van der Waals surface area (Å²) >= 11 is 14.7. The first-order valence-corrected chi connectivity index (χ1v) is 33.0. The van der Waals surface area contributed by atoms with Crippen LogP contribution in [-0.2, 0) is 6.42 Å². The number of hydrogen-bond acceptors (Lipinski definition) is 6. The summed E-state index contributed by atoms with van der Waals surface area (Å²) in [5.74, 6) is -0.119. The molecule has 4 heterocycles. The largest absolute Gasteiger partial charge is 0.384 e. The van der Waals surface area contributed by atoms with E-state index in [1.54, 1.807) is 110 Å². The Kier molecular flexibility index (Phi) is 35.6. The second kappa shape index (κ2) is 37.6. The fraction of sp³-hybridized carbons (Fsp3) is 0.216. The number of rotatable bonds is 7. The van der Waals surface area contributed by atoms with E-state index in [4.69, 9.17) is 11.6 Å². The van der Waals surface area contributed by atoms with Crippen LogP contribution in [0.1, 0.15) is 84.8 Å². The van der Waals surface area contributed by atoms with Gasteiger partial charge in [-0.15, -0.1) is 11.6 Å². The van der Waals surface area contributed by atoms with Gasteiger partial charge in [-0.25, -0.2) is 17.6 Å². The fourth-order valence-corrected chi connectivity index (χ4v) is 6.21. The standard InChI is InChI=1S/C12H9ClFN.C12H10FNO.C12H16FN.C6H4BrF.C6H5NO.3CH4.I3/c13-12(10-5-7-15-8-6-10)9-1-3-11(14)4-2-9;13-11-3-1-9(2-4-11)12(15)10-5-7-14-8-6-10;13-12-3-1-10(2-4-12)9-11-5-7-14-8-6-11;7-5-1-3-6(8)4-2-5;8-5-6-1-3-7-4-2-6;;;;1-3-2/h1-8,12H;1-8,12,15H;1-4,11,14H,5-9H2;1-4H;1-5H;3*1H4;/q;;;;;;;;-1. The molecule has 66 heavy (non-hydrogen) atoms. The van der Waals surface area contributed by atoms with Gasteiger partial charge in [0.2, 0.25) is 0 Å². The quantitative estimate of drug-likeness (QED) is 0.0716. The zero-order valence-electron chi connectivity index (χ0n) is 33.6. The molecule has 356 valence electrons. The Bertz CT molecular complexity index is 2130. The number of nitrogens with zero attached hydrogens (tertiary/aromatic N) is 3. The van der Waals surface area contributed by atoms with Gasteiger partial charge in [0, 0.05) is 47.2 Å². The smallest absolute Gasteiger partial charge is 0.150 e. The number of aliphatic hydroxyl groups is 1. The van der Waals surface area contributed by atoms with Gasteiger partial charge in [-0.05, 0) is 163 Å². The molecule has 1 aliphatic rings. The number of carbonyl (C=O) groups excluding carboxylic acids is 1. The van der Waals surface area contributed by atoms with Crippen molar-refractivity contribution in [2.75, 3.05) is 13.1 Å². The molecule has 15 heteroatoms. The normalized spacial score (nSPS) is 12.0. The maximum atomic E-state index is 12.7. The van der Waals surface area contributed by atoms with E-state index in [1.165, 1.54) is 54.8 Å². The van der Waals surface area contributed by atoms with E-state index in [0.29, 0.717) is 24.4 Å². The number of nitrogens with one attached hydrogen (secondary N) is 1. The van der Waals surface area contributed by atoms with Crippen LogP contribution in [0.4, 0.5) is 17.6 Å². The van der Waals surface area contributed by atoms with E-state index in [0.717, 1.165) is 52.9 Å². The molecule has 1 saturated heterocycles. The first-order chi connectivity index (χ1) is 30.5. The Balaban J connectivity index is 0.000000795. The first kappa shape index (κ1) is 62.6. The molecule has 0 spiro atoms. The summed E-state index contributed by atoms with van der Waals surface area (Å²) in [5, 5.41) is 13.0. The van der Waals surface area contributed by atoms with Crippen molar-refractivity contribution >= 4 is 71.0 Å². The van der Waals surface area contributed by atoms with Gasteiger partial charge in [-0.3, -0.25) is 19.7 Å². The van der Waals surface area contributed by atoms with Crippen molar-refractivity contribution in [2.45, 2.75) is 53.0 Å². The average molecular weight is 1330 g/mol. The van der Waals surface area contributed by atoms with Crippen LogP contribution in [0, 0.1) is 29.2 Å². The van der Waals surface area contributed by atoms with Crippen molar-refractivity contribution in [3.8, 4) is 0 Å². The summed E-state index contributed by atoms with van der Waals surface area (Å²) in [4.78, 5) is 21.5. The second-order valence-corrected chi connectivity index (χ2v) is 30.9. The maximum Gasteiger partial charge on any atom is 0.150 e. The molecule has 0 radical (unpaired) electrons. The summed E-state index contributed by atoms with van der Waals surface area (Å²) in [6.07, 6.45) is 13.4. The van der Waals surface area contributed by atoms with Crippen molar-refractivity contribution in [1.82, 2.24) is 20.3 Å². The topological polar surface area (TPSA) is 88.0 Å². The second-order valence-electron chi connectivity index (χ2n) is 13.3. The number of benzene rings is 4. The Morgan fingerprint density at radius 3 is 1.33 bits per heavy atom. The third-order valence-electron chi connectivity index (χ3n) is 8.91. The van der Waals surface area contributed by atoms with Gasteiger partial charge in [-0.1, -0.05) is 74.6 Å². The van der Waals surface area contributed by atoms with Gasteiger partial charge >= 0.3 is 50.5 Å². The number of aliphatic hydroxyl groups excluding tert-OH is 1. The molecule has 0 aliphatic carbocycles. The van der Waals surface area contributed by atoms with Gasteiger partial charge < -0.3 is 10.4 Å². The Morgan fingerprint density at radius 1 is 0.606 bits per heavy atom. The molecule has 8 rings (SSSR count). The van der Waals surface area contributed by atoms with Gasteiger partial charge in [0.15, 0.2) is 0 Å². The Hall–Kier alpha value is -3.40. The van der Waals surface area contributed by atoms with Crippen LogP contribution in [-0.4, -0.2) is 39.4 Å². The van der Waals surface area contributed by atoms with Crippen LogP contribution in [0.3, 0.4) is 0 Å². The molecule has 3 aromatic heterocycles. The van der Waals surface area contributed by atoms with Crippen LogP contribution < -0.4 is 18.6 Å². The number of hydrogen-bond donors (Lipinski definition) is 2. The van der Waals surface area contributed by atoms with Gasteiger partial charge in [-0.2, -0.15) is 0 Å². The van der Waals surface area contributed by atoms with Gasteiger partial charge in [0.1, 0.15) is 35.7 Å². The summed E-state index contributed by atoms with van der Waals surface area (Å²) in [6, 6.07) is 35.5. The molecule has 7 aromatic rings. The minimum absolute atomic E-state index is 0. The summed E-state index contributed by atoms with van der Waals surface area (Å²) < 4.78 is 51.0. The van der Waals surface area contributed by atoms with Crippen molar-refractivity contribution < 1.29 is 40.7 Å². The summed E-state index contributed by atoms with van der Waals surface area (Å²) in [6.45, 7) is 2.26. The molecule has 2 atom stereocenters. The molecule has 4 aromatic carbocycles. The summed E-state index contributed by atoms with van der Waals surface area (Å²) in [5.41, 5.74) is 5.18. The number of aromatic nitrogens is 3. The Morgan fingerprint density at radius 2 is 0.939 bits per heavy atom. The average Bonchev–Trinajstić information content (AvgIpc) is 3.33. The van der Waals surface area contributed by atoms with E-state index >= 15 is 0 Å². The van der Waals surface area contributed by atoms with Crippen LogP contribution in [0.2, 0.25) is 0 Å². The molecule has 0 saturated carbocycles. The maximum absolute atomic E-state index is 12.7. The van der Waals surface area contributed by atoms with Gasteiger partial charge in [0.25, 0.3) is 0 Å². The SMILES string of the molecule is C.C.C.Fc1ccc(Br)cc1.Fc1ccc(C(Cl)c2ccncc2)cc1.Fc1ccc(CC2CCNCC2)cc1.I[I-]I.O=Cc1ccncc1.OC(c1ccncc1)c1ccc(F)cc1. The number of pyridine rings is 3. The van der Waals surface area contributed by atoms with E-state index in [-0.39, 0.29) is 50.9 Å². The molecular weight excluding hydrogens is 1270 g/mol. The predicted molar refractivity (Wildman–Crippen MR) is 281 cm³/mol. The third-order valence-corrected chi connectivity index (χ3v) is 9.94. The Labute approximate surface area is 431 Å². The zero-order valence-corrected chi connectivity index (χ0v) is 42.4. The monoisotopic (exact) mass is 1330 g/mol. The van der Waals surface area contributed by atoms with Crippen LogP contribution in [0.25, 0.3) is 0 Å². The minimum atomic E-state index is -0.728. The minimum Gasteiger partial charge on any atom is -0.384 e. The number of alkyl halides is 1. The fourth-order valence-electron chi connectivity index (χ4n) is 5.65. The molecule has 2 N–H and O–H groups in total. The van der Waals surface area contributed by atoms with Crippen molar-refractivity contribution in [2.24, 2.45) is 5.92 Å².